The molecule has 0 radical (unpaired) electrons. The number of rotatable bonds is 7. The normalized spacial score (nSPS) is 14.4. The lowest BCUT2D eigenvalue weighted by molar-refractivity contribution is 0.0130. The van der Waals surface area contributed by atoms with E-state index in [0.717, 1.165) is 22.3 Å². The lowest BCUT2D eigenvalue weighted by atomic mass is 9.98. The molecule has 2 unspecified atom stereocenters. The van der Waals surface area contributed by atoms with Crippen molar-refractivity contribution >= 4 is 6.09 Å². The van der Waals surface area contributed by atoms with Gasteiger partial charge >= 0.3 is 6.09 Å². The molecule has 0 aliphatic heterocycles. The van der Waals surface area contributed by atoms with E-state index in [9.17, 15) is 19.4 Å². The molecule has 0 spiro atoms. The van der Waals surface area contributed by atoms with Crippen LogP contribution in [0.1, 0.15) is 40.7 Å². The molecule has 1 aliphatic rings. The molecule has 32 heavy (non-hydrogen) atoms. The summed E-state index contributed by atoms with van der Waals surface area (Å²) in [5, 5.41) is 23.1. The summed E-state index contributed by atoms with van der Waals surface area (Å²) in [6.45, 7) is 1.94. The maximum atomic E-state index is 13.1. The minimum atomic E-state index is -1.23. The number of pyridine rings is 1. The summed E-state index contributed by atoms with van der Waals surface area (Å²) >= 11 is 0. The van der Waals surface area contributed by atoms with Crippen molar-refractivity contribution in [3.05, 3.63) is 89.0 Å². The average Bonchev–Trinajstić information content (AvgIpc) is 3.11. The highest BCUT2D eigenvalue weighted by Crippen LogP contribution is 2.44. The van der Waals surface area contributed by atoms with Crippen LogP contribution in [0.4, 0.5) is 9.18 Å². The first-order valence-corrected chi connectivity index (χ1v) is 10.5. The number of nitrogens with one attached hydrogen (secondary N) is 1. The molecule has 4 rings (SSSR count). The van der Waals surface area contributed by atoms with Gasteiger partial charge < -0.3 is 20.3 Å². The number of aliphatic hydroxyl groups excluding tert-OH is 2. The standard InChI is InChI=1S/C25H25FN2O4/c1-15-12-23(26)28-13-20(15)24(30)22(29)10-11-27-25(31)32-14-21-18-8-4-2-6-16(18)17-7-3-5-9-19(17)21/h2-9,12-13,21-22,24,29-30H,10-11,14H2,1H3,(H,27,31). The topological polar surface area (TPSA) is 91.7 Å². The third-order valence-electron chi connectivity index (χ3n) is 5.85. The van der Waals surface area contributed by atoms with Crippen LogP contribution in [0.2, 0.25) is 0 Å². The van der Waals surface area contributed by atoms with E-state index in [1.54, 1.807) is 6.92 Å². The molecule has 1 aliphatic carbocycles. The van der Waals surface area contributed by atoms with Crippen molar-refractivity contribution in [1.82, 2.24) is 10.3 Å². The van der Waals surface area contributed by atoms with Gasteiger partial charge in [0.25, 0.3) is 0 Å². The molecule has 0 bridgehead atoms. The molecule has 2 atom stereocenters. The van der Waals surface area contributed by atoms with E-state index in [4.69, 9.17) is 4.74 Å². The predicted octanol–water partition coefficient (Wildman–Crippen LogP) is 3.85. The predicted molar refractivity (Wildman–Crippen MR) is 118 cm³/mol. The van der Waals surface area contributed by atoms with Crippen molar-refractivity contribution in [3.63, 3.8) is 0 Å². The van der Waals surface area contributed by atoms with E-state index in [-0.39, 0.29) is 25.5 Å². The Morgan fingerprint density at radius 3 is 2.38 bits per heavy atom. The molecule has 3 N–H and O–H groups in total. The molecular weight excluding hydrogens is 411 g/mol. The number of aromatic nitrogens is 1. The zero-order valence-corrected chi connectivity index (χ0v) is 17.7. The molecule has 0 saturated carbocycles. The Kier molecular flexibility index (Phi) is 6.48. The minimum absolute atomic E-state index is 0.0329. The van der Waals surface area contributed by atoms with Crippen LogP contribution in [0, 0.1) is 12.9 Å². The molecule has 1 heterocycles. The van der Waals surface area contributed by atoms with Gasteiger partial charge in [-0.3, -0.25) is 0 Å². The Morgan fingerprint density at radius 2 is 1.75 bits per heavy atom. The van der Waals surface area contributed by atoms with Gasteiger partial charge in [-0.1, -0.05) is 48.5 Å². The third kappa shape index (κ3) is 4.49. The van der Waals surface area contributed by atoms with Gasteiger partial charge in [-0.2, -0.15) is 4.39 Å². The Morgan fingerprint density at radius 1 is 1.12 bits per heavy atom. The highest BCUT2D eigenvalue weighted by Gasteiger charge is 2.29. The minimum Gasteiger partial charge on any atom is -0.449 e. The summed E-state index contributed by atoms with van der Waals surface area (Å²) in [5.74, 6) is -0.681. The van der Waals surface area contributed by atoms with Crippen molar-refractivity contribution < 1.29 is 24.1 Å². The molecular formula is C25H25FN2O4. The van der Waals surface area contributed by atoms with Crippen LogP contribution in [0.25, 0.3) is 11.1 Å². The van der Waals surface area contributed by atoms with Gasteiger partial charge in [-0.05, 0) is 47.2 Å². The van der Waals surface area contributed by atoms with Crippen molar-refractivity contribution in [2.24, 2.45) is 0 Å². The number of fused-ring (bicyclic) bond motifs is 3. The number of aliphatic hydroxyl groups is 2. The number of amides is 1. The molecule has 3 aromatic rings. The second-order valence-electron chi connectivity index (χ2n) is 7.92. The largest absolute Gasteiger partial charge is 0.449 e. The highest BCUT2D eigenvalue weighted by molar-refractivity contribution is 5.79. The van der Waals surface area contributed by atoms with Gasteiger partial charge in [-0.15, -0.1) is 0 Å². The van der Waals surface area contributed by atoms with Crippen LogP contribution >= 0.6 is 0 Å². The number of halogens is 1. The summed E-state index contributed by atoms with van der Waals surface area (Å²) in [7, 11) is 0. The molecule has 6 nitrogen and oxygen atoms in total. The molecule has 0 saturated heterocycles. The molecule has 2 aromatic carbocycles. The number of aryl methyl sites for hydroxylation is 1. The van der Waals surface area contributed by atoms with Gasteiger partial charge in [0.15, 0.2) is 0 Å². The van der Waals surface area contributed by atoms with E-state index in [2.05, 4.69) is 22.4 Å². The van der Waals surface area contributed by atoms with Crippen LogP contribution in [0.3, 0.4) is 0 Å². The van der Waals surface area contributed by atoms with E-state index >= 15 is 0 Å². The average molecular weight is 436 g/mol. The lowest BCUT2D eigenvalue weighted by Crippen LogP contribution is -2.31. The first kappa shape index (κ1) is 21.9. The number of nitrogens with zero attached hydrogens (tertiary/aromatic N) is 1. The summed E-state index contributed by atoms with van der Waals surface area (Å²) in [5.41, 5.74) is 5.40. The first-order valence-electron chi connectivity index (χ1n) is 10.5. The number of carbonyl (C=O) groups is 1. The molecule has 1 amide bonds. The second-order valence-corrected chi connectivity index (χ2v) is 7.92. The summed E-state index contributed by atoms with van der Waals surface area (Å²) in [6.07, 6.45) is -1.66. The van der Waals surface area contributed by atoms with Crippen LogP contribution in [0.15, 0.2) is 60.8 Å². The fourth-order valence-corrected chi connectivity index (χ4v) is 4.18. The van der Waals surface area contributed by atoms with Gasteiger partial charge in [0, 0.05) is 24.2 Å². The van der Waals surface area contributed by atoms with E-state index in [0.29, 0.717) is 11.1 Å². The van der Waals surface area contributed by atoms with Crippen molar-refractivity contribution in [2.45, 2.75) is 31.5 Å². The fourth-order valence-electron chi connectivity index (χ4n) is 4.18. The van der Waals surface area contributed by atoms with E-state index < -0.39 is 24.2 Å². The Hall–Kier alpha value is -3.29. The number of benzene rings is 2. The number of ether oxygens (including phenoxy) is 1. The molecule has 7 heteroatoms. The van der Waals surface area contributed by atoms with Crippen molar-refractivity contribution in [1.29, 1.82) is 0 Å². The van der Waals surface area contributed by atoms with Crippen LogP contribution in [0.5, 0.6) is 0 Å². The molecule has 1 aromatic heterocycles. The molecule has 166 valence electrons. The van der Waals surface area contributed by atoms with E-state index in [1.807, 2.05) is 36.4 Å². The van der Waals surface area contributed by atoms with Gasteiger partial charge in [0.05, 0.1) is 6.10 Å². The van der Waals surface area contributed by atoms with E-state index in [1.165, 1.54) is 12.3 Å². The zero-order chi connectivity index (χ0) is 22.7. The molecule has 0 fully saturated rings. The number of hydrogen-bond donors (Lipinski definition) is 3. The summed E-state index contributed by atoms with van der Waals surface area (Å²) in [4.78, 5) is 15.7. The van der Waals surface area contributed by atoms with Gasteiger partial charge in [-0.25, -0.2) is 9.78 Å². The van der Waals surface area contributed by atoms with Gasteiger partial charge in [0.1, 0.15) is 12.7 Å². The maximum absolute atomic E-state index is 13.1. The number of hydrogen-bond acceptors (Lipinski definition) is 5. The summed E-state index contributed by atoms with van der Waals surface area (Å²) in [6, 6.07) is 17.4. The fraction of sp³-hybridized carbons (Fsp3) is 0.280. The summed E-state index contributed by atoms with van der Waals surface area (Å²) < 4.78 is 18.6. The van der Waals surface area contributed by atoms with Gasteiger partial charge in [0.2, 0.25) is 5.95 Å². The van der Waals surface area contributed by atoms with Crippen molar-refractivity contribution in [3.8, 4) is 11.1 Å². The number of alkyl carbamates (subject to hydrolysis) is 1. The maximum Gasteiger partial charge on any atom is 0.407 e. The quantitative estimate of drug-likeness (QED) is 0.490. The van der Waals surface area contributed by atoms with Crippen molar-refractivity contribution in [2.75, 3.05) is 13.2 Å². The lowest BCUT2D eigenvalue weighted by Gasteiger charge is -2.20. The smallest absolute Gasteiger partial charge is 0.407 e. The van der Waals surface area contributed by atoms with Crippen LogP contribution < -0.4 is 5.32 Å². The monoisotopic (exact) mass is 436 g/mol. The number of carbonyl (C=O) groups excluding carboxylic acids is 1. The Labute approximate surface area is 185 Å². The first-order chi connectivity index (χ1) is 15.5. The van der Waals surface area contributed by atoms with Crippen LogP contribution in [-0.4, -0.2) is 40.5 Å². The zero-order valence-electron chi connectivity index (χ0n) is 17.7. The Bertz CT molecular complexity index is 1080. The third-order valence-corrected chi connectivity index (χ3v) is 5.85. The Balaban J connectivity index is 1.29. The second kappa shape index (κ2) is 9.46. The van der Waals surface area contributed by atoms with Crippen LogP contribution in [-0.2, 0) is 4.74 Å². The highest BCUT2D eigenvalue weighted by atomic mass is 19.1. The SMILES string of the molecule is Cc1cc(F)ncc1C(O)C(O)CCNC(=O)OCC1c2ccccc2-c2ccccc21.